The molecule has 1 aliphatic heterocycles. The van der Waals surface area contributed by atoms with Crippen LogP contribution in [0, 0.1) is 0 Å². The largest absolute Gasteiger partial charge is 0.343 e. The molecule has 1 N–H and O–H groups in total. The van der Waals surface area contributed by atoms with E-state index in [0.717, 1.165) is 0 Å². The quantitative estimate of drug-likeness (QED) is 0.864. The smallest absolute Gasteiger partial charge is 0.338 e. The Kier molecular flexibility index (Phi) is 4.66. The Morgan fingerprint density at radius 3 is 2.58 bits per heavy atom. The number of alkyl halides is 2. The van der Waals surface area contributed by atoms with E-state index in [1.165, 1.54) is 10.0 Å². The van der Waals surface area contributed by atoms with E-state index >= 15 is 0 Å². The summed E-state index contributed by atoms with van der Waals surface area (Å²) in [5, 5.41) is 9.16. The molecule has 0 aromatic carbocycles. The van der Waals surface area contributed by atoms with E-state index in [-0.39, 0.29) is 61.9 Å². The summed E-state index contributed by atoms with van der Waals surface area (Å²) in [5.74, 6) is -2.71. The minimum absolute atomic E-state index is 0.180. The Morgan fingerprint density at radius 1 is 1.35 bits per heavy atom. The van der Waals surface area contributed by atoms with Crippen LogP contribution in [0.2, 0.25) is 0 Å². The van der Waals surface area contributed by atoms with E-state index in [9.17, 15) is 18.4 Å². The number of carbonyl (C=O) groups excluding carboxylic acids is 2. The third kappa shape index (κ3) is 3.81. The second-order valence-electron chi connectivity index (χ2n) is 7.96. The lowest BCUT2D eigenvalue weighted by Gasteiger charge is -2.38. The molecule has 2 heterocycles. The van der Waals surface area contributed by atoms with Gasteiger partial charge < -0.3 is 4.52 Å². The maximum Gasteiger partial charge on any atom is 0.343 e. The van der Waals surface area contributed by atoms with Crippen LogP contribution in [0.5, 0.6) is 0 Å². The molecule has 2 aliphatic rings. The van der Waals surface area contributed by atoms with Crippen LogP contribution in [-0.2, 0) is 10.2 Å². The average Bonchev–Trinajstić information content (AvgIpc) is 3.14. The first-order valence-corrected chi connectivity index (χ1v) is 8.82. The molecule has 0 atom stereocenters. The van der Waals surface area contributed by atoms with Gasteiger partial charge in [-0.3, -0.25) is 10.1 Å². The Bertz CT molecular complexity index is 688. The molecule has 0 spiro atoms. The van der Waals surface area contributed by atoms with Gasteiger partial charge >= 0.3 is 6.03 Å². The van der Waals surface area contributed by atoms with Crippen molar-refractivity contribution in [3.63, 3.8) is 0 Å². The van der Waals surface area contributed by atoms with Gasteiger partial charge in [0, 0.05) is 30.7 Å². The summed E-state index contributed by atoms with van der Waals surface area (Å²) in [7, 11) is 0. The van der Waals surface area contributed by atoms with E-state index in [2.05, 4.69) is 10.5 Å². The number of aromatic nitrogens is 1. The maximum atomic E-state index is 13.4. The van der Waals surface area contributed by atoms with Gasteiger partial charge in [-0.05, 0) is 12.8 Å². The lowest BCUT2D eigenvalue weighted by atomic mass is 9.92. The Labute approximate surface area is 150 Å². The van der Waals surface area contributed by atoms with Gasteiger partial charge in [0.05, 0.1) is 18.3 Å². The number of rotatable bonds is 2. The van der Waals surface area contributed by atoms with Crippen molar-refractivity contribution in [3.05, 3.63) is 11.8 Å². The van der Waals surface area contributed by atoms with Crippen LogP contribution < -0.4 is 5.32 Å². The topological polar surface area (TPSA) is 78.7 Å². The number of urea groups is 1. The van der Waals surface area contributed by atoms with Crippen molar-refractivity contribution >= 4 is 17.8 Å². The fourth-order valence-corrected chi connectivity index (χ4v) is 3.29. The number of hydrogen-bond donors (Lipinski definition) is 1. The summed E-state index contributed by atoms with van der Waals surface area (Å²) in [6.45, 7) is 6.13. The number of amides is 3. The normalized spacial score (nSPS) is 21.3. The van der Waals surface area contributed by atoms with Crippen LogP contribution in [-0.4, -0.2) is 45.6 Å². The third-order valence-electron chi connectivity index (χ3n) is 4.83. The molecule has 1 aromatic heterocycles. The fraction of sp³-hybridized carbons (Fsp3) is 0.706. The summed E-state index contributed by atoms with van der Waals surface area (Å²) >= 11 is 0. The number of halogens is 2. The van der Waals surface area contributed by atoms with E-state index in [1.54, 1.807) is 6.07 Å². The molecule has 144 valence electrons. The van der Waals surface area contributed by atoms with Crippen molar-refractivity contribution in [2.45, 2.75) is 70.3 Å². The molecule has 1 saturated carbocycles. The Balaban J connectivity index is 1.68. The average molecular weight is 370 g/mol. The van der Waals surface area contributed by atoms with Gasteiger partial charge in [0.15, 0.2) is 0 Å². The minimum Gasteiger partial charge on any atom is -0.338 e. The van der Waals surface area contributed by atoms with Crippen LogP contribution >= 0.6 is 0 Å². The standard InChI is InChI=1S/C17H24F2N4O3/c1-16(2,3)12-10-13(26-21-12)20-15(25)22-9-6-14(24)23(22)11-4-7-17(18,19)8-5-11/h10-11H,4-9H2,1-3H3,(H,20,25). The SMILES string of the molecule is CC(C)(C)c1cc(NC(=O)N2CCC(=O)N2C2CCC(F)(F)CC2)on1. The molecule has 3 rings (SSSR count). The van der Waals surface area contributed by atoms with Gasteiger partial charge in [0.2, 0.25) is 17.7 Å². The summed E-state index contributed by atoms with van der Waals surface area (Å²) in [5.41, 5.74) is 0.465. The molecule has 7 nitrogen and oxygen atoms in total. The lowest BCUT2D eigenvalue weighted by molar-refractivity contribution is -0.144. The summed E-state index contributed by atoms with van der Waals surface area (Å²) in [6.07, 6.45) is 0.00383. The molecule has 1 saturated heterocycles. The van der Waals surface area contributed by atoms with E-state index in [1.807, 2.05) is 20.8 Å². The highest BCUT2D eigenvalue weighted by molar-refractivity contribution is 5.92. The first-order chi connectivity index (χ1) is 12.1. The van der Waals surface area contributed by atoms with Gasteiger partial charge in [-0.1, -0.05) is 25.9 Å². The first kappa shape index (κ1) is 18.6. The predicted octanol–water partition coefficient (Wildman–Crippen LogP) is 3.53. The number of carbonyl (C=O) groups is 2. The molecule has 1 aromatic rings. The number of hydrogen-bond acceptors (Lipinski definition) is 4. The molecule has 1 aliphatic carbocycles. The van der Waals surface area contributed by atoms with Gasteiger partial charge in [-0.25, -0.2) is 23.6 Å². The predicted molar refractivity (Wildman–Crippen MR) is 89.6 cm³/mol. The fourth-order valence-electron chi connectivity index (χ4n) is 3.29. The van der Waals surface area contributed by atoms with Crippen LogP contribution in [0.15, 0.2) is 10.6 Å². The number of nitrogens with one attached hydrogen (secondary N) is 1. The van der Waals surface area contributed by atoms with Gasteiger partial charge in [-0.2, -0.15) is 0 Å². The van der Waals surface area contributed by atoms with Crippen molar-refractivity contribution in [2.24, 2.45) is 0 Å². The third-order valence-corrected chi connectivity index (χ3v) is 4.83. The van der Waals surface area contributed by atoms with Gasteiger partial charge in [0.25, 0.3) is 0 Å². The zero-order chi connectivity index (χ0) is 19.1. The zero-order valence-corrected chi connectivity index (χ0v) is 15.2. The number of nitrogens with zero attached hydrogens (tertiary/aromatic N) is 3. The minimum atomic E-state index is -2.68. The monoisotopic (exact) mass is 370 g/mol. The van der Waals surface area contributed by atoms with Crippen molar-refractivity contribution < 1.29 is 22.9 Å². The molecular formula is C17H24F2N4O3. The molecule has 0 radical (unpaired) electrons. The number of hydrazine groups is 1. The highest BCUT2D eigenvalue weighted by Gasteiger charge is 2.43. The van der Waals surface area contributed by atoms with Gasteiger partial charge in [0.1, 0.15) is 0 Å². The van der Waals surface area contributed by atoms with Crippen molar-refractivity contribution in [3.8, 4) is 0 Å². The maximum absolute atomic E-state index is 13.4. The highest BCUT2D eigenvalue weighted by atomic mass is 19.3. The van der Waals surface area contributed by atoms with Crippen molar-refractivity contribution in [1.82, 2.24) is 15.2 Å². The molecular weight excluding hydrogens is 346 g/mol. The van der Waals surface area contributed by atoms with Crippen LogP contribution in [0.3, 0.4) is 0 Å². The van der Waals surface area contributed by atoms with Crippen LogP contribution in [0.4, 0.5) is 19.5 Å². The molecule has 0 bridgehead atoms. The molecule has 26 heavy (non-hydrogen) atoms. The summed E-state index contributed by atoms with van der Waals surface area (Å²) in [6, 6.07) is 0.737. The van der Waals surface area contributed by atoms with E-state index < -0.39 is 12.0 Å². The molecule has 0 unspecified atom stereocenters. The Hall–Kier alpha value is -2.19. The second-order valence-corrected chi connectivity index (χ2v) is 7.96. The molecule has 2 fully saturated rings. The number of anilines is 1. The van der Waals surface area contributed by atoms with Crippen LogP contribution in [0.1, 0.15) is 58.6 Å². The van der Waals surface area contributed by atoms with Crippen molar-refractivity contribution in [2.75, 3.05) is 11.9 Å². The Morgan fingerprint density at radius 2 is 2.00 bits per heavy atom. The van der Waals surface area contributed by atoms with Gasteiger partial charge in [-0.15, -0.1) is 0 Å². The first-order valence-electron chi connectivity index (χ1n) is 8.82. The highest BCUT2D eigenvalue weighted by Crippen LogP contribution is 2.36. The van der Waals surface area contributed by atoms with Crippen molar-refractivity contribution in [1.29, 1.82) is 0 Å². The summed E-state index contributed by atoms with van der Waals surface area (Å²) in [4.78, 5) is 24.8. The molecule has 9 heteroatoms. The van der Waals surface area contributed by atoms with E-state index in [4.69, 9.17) is 4.52 Å². The zero-order valence-electron chi connectivity index (χ0n) is 15.2. The summed E-state index contributed by atoms with van der Waals surface area (Å²) < 4.78 is 31.9. The van der Waals surface area contributed by atoms with Crippen LogP contribution in [0.25, 0.3) is 0 Å². The molecule has 3 amide bonds. The lowest BCUT2D eigenvalue weighted by Crippen LogP contribution is -2.52. The van der Waals surface area contributed by atoms with E-state index in [0.29, 0.717) is 5.69 Å². The second kappa shape index (κ2) is 6.51.